The number of thiophene rings is 1. The second-order valence-corrected chi connectivity index (χ2v) is 8.25. The number of carbonyl (C=O) groups is 1. The molecule has 0 saturated carbocycles. The monoisotopic (exact) mass is 419 g/mol. The van der Waals surface area contributed by atoms with Gasteiger partial charge in [0.2, 0.25) is 0 Å². The lowest BCUT2D eigenvalue weighted by atomic mass is 9.89. The second kappa shape index (κ2) is 7.47. The summed E-state index contributed by atoms with van der Waals surface area (Å²) >= 11 is 1.29. The van der Waals surface area contributed by atoms with Gasteiger partial charge in [-0.25, -0.2) is 4.98 Å². The second-order valence-electron chi connectivity index (χ2n) is 7.26. The Labute approximate surface area is 176 Å². The Kier molecular flexibility index (Phi) is 4.65. The van der Waals surface area contributed by atoms with Gasteiger partial charge in [0.15, 0.2) is 0 Å². The fourth-order valence-electron chi connectivity index (χ4n) is 3.98. The molecule has 0 radical (unpaired) electrons. The molecule has 3 aromatic heterocycles. The lowest BCUT2D eigenvalue weighted by Crippen LogP contribution is -2.12. The van der Waals surface area contributed by atoms with E-state index in [0.29, 0.717) is 21.9 Å². The molecular formula is C22H19N4O3S-. The zero-order valence-corrected chi connectivity index (χ0v) is 16.8. The maximum Gasteiger partial charge on any atom is 0.267 e. The highest BCUT2D eigenvalue weighted by Crippen LogP contribution is 2.44. The minimum Gasteiger partial charge on any atom is -0.761 e. The van der Waals surface area contributed by atoms with Crippen LogP contribution in [0.2, 0.25) is 0 Å². The Morgan fingerprint density at radius 3 is 2.63 bits per heavy atom. The van der Waals surface area contributed by atoms with Crippen LogP contribution in [0.5, 0.6) is 0 Å². The molecule has 1 amide bonds. The minimum atomic E-state index is -0.304. The normalized spacial score (nSPS) is 13.2. The lowest BCUT2D eigenvalue weighted by Gasteiger charge is -2.18. The summed E-state index contributed by atoms with van der Waals surface area (Å²) in [6.45, 7) is 0. The molecule has 0 aliphatic heterocycles. The number of anilines is 3. The van der Waals surface area contributed by atoms with Crippen molar-refractivity contribution in [3.05, 3.63) is 64.0 Å². The fourth-order valence-corrected chi connectivity index (χ4v) is 5.00. The van der Waals surface area contributed by atoms with E-state index in [-0.39, 0.29) is 5.91 Å². The van der Waals surface area contributed by atoms with E-state index in [0.717, 1.165) is 52.9 Å². The fraction of sp³-hybridized carbons (Fsp3) is 0.182. The van der Waals surface area contributed by atoms with Gasteiger partial charge >= 0.3 is 0 Å². The number of carbonyl (C=O) groups excluding carboxylic acids is 1. The summed E-state index contributed by atoms with van der Waals surface area (Å²) in [4.78, 5) is 19.0. The summed E-state index contributed by atoms with van der Waals surface area (Å²) in [5, 5.41) is 14.3. The van der Waals surface area contributed by atoms with Gasteiger partial charge in [0.1, 0.15) is 15.5 Å². The number of rotatable bonds is 4. The van der Waals surface area contributed by atoms with E-state index >= 15 is 0 Å². The summed E-state index contributed by atoms with van der Waals surface area (Å²) in [6, 6.07) is 10.3. The number of pyridine rings is 1. The molecule has 7 nitrogen and oxygen atoms in total. The van der Waals surface area contributed by atoms with Crippen LogP contribution in [0.25, 0.3) is 21.5 Å². The summed E-state index contributed by atoms with van der Waals surface area (Å²) in [6.07, 6.45) is 5.68. The molecule has 0 bridgehead atoms. The molecule has 4 aromatic rings. The van der Waals surface area contributed by atoms with Crippen LogP contribution in [-0.2, 0) is 12.8 Å². The number of nitrogens with one attached hydrogen (secondary N) is 2. The van der Waals surface area contributed by atoms with Crippen LogP contribution >= 0.6 is 11.3 Å². The number of hydrogen-bond acceptors (Lipinski definition) is 7. The Morgan fingerprint density at radius 2 is 1.90 bits per heavy atom. The van der Waals surface area contributed by atoms with E-state index in [4.69, 9.17) is 15.1 Å². The van der Waals surface area contributed by atoms with Crippen LogP contribution in [0.3, 0.4) is 0 Å². The smallest absolute Gasteiger partial charge is 0.267 e. The molecule has 0 saturated heterocycles. The van der Waals surface area contributed by atoms with E-state index < -0.39 is 0 Å². The molecule has 3 heterocycles. The summed E-state index contributed by atoms with van der Waals surface area (Å²) in [5.41, 5.74) is 12.9. The third kappa shape index (κ3) is 3.10. The van der Waals surface area contributed by atoms with Crippen LogP contribution in [0, 0.1) is 5.21 Å². The van der Waals surface area contributed by atoms with Gasteiger partial charge in [0.25, 0.3) is 5.91 Å². The summed E-state index contributed by atoms with van der Waals surface area (Å²) in [7, 11) is 0. The number of amides is 1. The standard InChI is InChI=1S/C22H19N4O3S/c23-19-18-17(16-6-3-11-29-16)14-4-1-2-5-15(14)25-22(18)30-20(19)21(27)24-12-7-9-13(26-28)10-8-12/h3,6-11,26H,1-2,4-5,23H2,(H,24,27)/q-1. The largest absolute Gasteiger partial charge is 0.761 e. The van der Waals surface area contributed by atoms with Gasteiger partial charge in [-0.2, -0.15) is 0 Å². The molecule has 1 aliphatic rings. The number of nitrogens with zero attached hydrogens (tertiary/aromatic N) is 1. The number of hydrogen-bond donors (Lipinski definition) is 3. The van der Waals surface area contributed by atoms with Crippen LogP contribution in [0.4, 0.5) is 17.1 Å². The van der Waals surface area contributed by atoms with E-state index in [2.05, 4.69) is 5.32 Å². The SMILES string of the molecule is Nc1c(C(=O)Nc2ccc(N[O-])cc2)sc2nc3c(c(-c4ccco4)c12)CCCC3. The Hall–Kier alpha value is -3.36. The van der Waals surface area contributed by atoms with Gasteiger partial charge in [-0.05, 0) is 67.6 Å². The Morgan fingerprint density at radius 1 is 1.13 bits per heavy atom. The highest BCUT2D eigenvalue weighted by molar-refractivity contribution is 7.21. The third-order valence-electron chi connectivity index (χ3n) is 5.39. The van der Waals surface area contributed by atoms with Gasteiger partial charge < -0.3 is 26.2 Å². The molecule has 0 atom stereocenters. The zero-order valence-electron chi connectivity index (χ0n) is 16.0. The van der Waals surface area contributed by atoms with Gasteiger partial charge in [-0.3, -0.25) is 4.79 Å². The van der Waals surface area contributed by atoms with Crippen molar-refractivity contribution in [2.75, 3.05) is 16.5 Å². The first-order valence-electron chi connectivity index (χ1n) is 9.73. The van der Waals surface area contributed by atoms with Crippen molar-refractivity contribution in [1.82, 2.24) is 4.98 Å². The Bertz CT molecular complexity index is 1230. The van der Waals surface area contributed by atoms with Crippen molar-refractivity contribution in [3.8, 4) is 11.3 Å². The molecule has 5 rings (SSSR count). The summed E-state index contributed by atoms with van der Waals surface area (Å²) < 4.78 is 5.73. The molecule has 0 unspecified atom stereocenters. The molecular weight excluding hydrogens is 400 g/mol. The lowest BCUT2D eigenvalue weighted by molar-refractivity contribution is 0.103. The quantitative estimate of drug-likeness (QED) is 0.393. The van der Waals surface area contributed by atoms with E-state index in [1.807, 2.05) is 17.6 Å². The van der Waals surface area contributed by atoms with Crippen LogP contribution in [-0.4, -0.2) is 10.9 Å². The molecule has 4 N–H and O–H groups in total. The van der Waals surface area contributed by atoms with E-state index in [9.17, 15) is 10.0 Å². The predicted molar refractivity (Wildman–Crippen MR) is 120 cm³/mol. The molecule has 0 fully saturated rings. The average molecular weight is 419 g/mol. The number of nitrogens with two attached hydrogens (primary N) is 1. The molecule has 30 heavy (non-hydrogen) atoms. The molecule has 1 aromatic carbocycles. The topological polar surface area (TPSA) is 116 Å². The van der Waals surface area contributed by atoms with Crippen LogP contribution in [0.15, 0.2) is 47.1 Å². The number of fused-ring (bicyclic) bond motifs is 2. The maximum atomic E-state index is 13.0. The van der Waals surface area contributed by atoms with Crippen molar-refractivity contribution in [2.45, 2.75) is 25.7 Å². The van der Waals surface area contributed by atoms with Crippen molar-refractivity contribution >= 4 is 44.5 Å². The first-order valence-corrected chi connectivity index (χ1v) is 10.5. The highest BCUT2D eigenvalue weighted by Gasteiger charge is 2.26. The minimum absolute atomic E-state index is 0.304. The zero-order chi connectivity index (χ0) is 20.7. The molecule has 1 aliphatic carbocycles. The van der Waals surface area contributed by atoms with Gasteiger partial charge in [0.05, 0.1) is 12.0 Å². The molecule has 8 heteroatoms. The number of furan rings is 1. The van der Waals surface area contributed by atoms with Crippen molar-refractivity contribution < 1.29 is 9.21 Å². The number of benzene rings is 1. The van der Waals surface area contributed by atoms with Crippen molar-refractivity contribution in [1.29, 1.82) is 0 Å². The first kappa shape index (κ1) is 18.7. The summed E-state index contributed by atoms with van der Waals surface area (Å²) in [5.74, 6) is 0.444. The highest BCUT2D eigenvalue weighted by atomic mass is 32.1. The van der Waals surface area contributed by atoms with Crippen LogP contribution < -0.4 is 16.5 Å². The van der Waals surface area contributed by atoms with Gasteiger partial charge in [-0.15, -0.1) is 11.3 Å². The molecule has 0 spiro atoms. The molecule has 152 valence electrons. The average Bonchev–Trinajstić information content (AvgIpc) is 3.41. The van der Waals surface area contributed by atoms with E-state index in [1.54, 1.807) is 30.5 Å². The van der Waals surface area contributed by atoms with Gasteiger partial charge in [-0.1, -0.05) is 0 Å². The number of nitrogen functional groups attached to an aromatic ring is 1. The number of aryl methyl sites for hydroxylation is 1. The van der Waals surface area contributed by atoms with Crippen molar-refractivity contribution in [2.24, 2.45) is 0 Å². The maximum absolute atomic E-state index is 13.0. The number of aromatic nitrogens is 1. The van der Waals surface area contributed by atoms with E-state index in [1.165, 1.54) is 16.9 Å². The third-order valence-corrected chi connectivity index (χ3v) is 6.49. The van der Waals surface area contributed by atoms with Crippen LogP contribution in [0.1, 0.15) is 33.8 Å². The Balaban J connectivity index is 1.61. The van der Waals surface area contributed by atoms with Gasteiger partial charge in [0, 0.05) is 28.0 Å². The van der Waals surface area contributed by atoms with Crippen molar-refractivity contribution in [3.63, 3.8) is 0 Å². The first-order chi connectivity index (χ1) is 14.7. The predicted octanol–water partition coefficient (Wildman–Crippen LogP) is 5.18.